The quantitative estimate of drug-likeness (QED) is 0.648. The highest BCUT2D eigenvalue weighted by atomic mass is 35.5. The number of nitrogens with two attached hydrogens (primary N) is 1. The average Bonchev–Trinajstić information content (AvgIpc) is 2.96. The van der Waals surface area contributed by atoms with Gasteiger partial charge in [-0.1, -0.05) is 30.1 Å². The van der Waals surface area contributed by atoms with Gasteiger partial charge in [-0.15, -0.1) is 11.3 Å². The SMILES string of the molecule is COc1c(Cl)cc(Cl)cc1/C=C/C(=O)Nc1sc2c(c1C(N)=O)CCC(C)C2. The molecule has 1 atom stereocenters. The number of methoxy groups -OCH3 is 1. The van der Waals surface area contributed by atoms with Gasteiger partial charge in [0.2, 0.25) is 5.91 Å². The third-order valence-corrected chi connectivity index (χ3v) is 6.32. The van der Waals surface area contributed by atoms with Crippen LogP contribution in [0.15, 0.2) is 18.2 Å². The number of ether oxygens (including phenoxy) is 1. The minimum absolute atomic E-state index is 0.353. The maximum atomic E-state index is 12.5. The first-order chi connectivity index (χ1) is 13.3. The van der Waals surface area contributed by atoms with Gasteiger partial charge in [0.15, 0.2) is 0 Å². The number of fused-ring (bicyclic) bond motifs is 1. The highest BCUT2D eigenvalue weighted by molar-refractivity contribution is 7.17. The molecule has 0 bridgehead atoms. The van der Waals surface area contributed by atoms with Crippen LogP contribution in [0.1, 0.15) is 39.7 Å². The molecule has 2 aromatic rings. The molecule has 0 saturated heterocycles. The fourth-order valence-electron chi connectivity index (χ4n) is 3.34. The normalized spacial score (nSPS) is 16.1. The summed E-state index contributed by atoms with van der Waals surface area (Å²) in [6.45, 7) is 2.18. The maximum Gasteiger partial charge on any atom is 0.251 e. The predicted octanol–water partition coefficient (Wildman–Crippen LogP) is 4.94. The van der Waals surface area contributed by atoms with Gasteiger partial charge in [0, 0.05) is 21.5 Å². The van der Waals surface area contributed by atoms with Crippen molar-refractivity contribution in [2.24, 2.45) is 11.7 Å². The maximum absolute atomic E-state index is 12.5. The van der Waals surface area contributed by atoms with E-state index >= 15 is 0 Å². The molecule has 2 amide bonds. The number of primary amides is 1. The molecule has 0 aliphatic heterocycles. The van der Waals surface area contributed by atoms with E-state index in [1.807, 2.05) is 0 Å². The lowest BCUT2D eigenvalue weighted by Crippen LogP contribution is -2.18. The molecular weight excluding hydrogens is 419 g/mol. The first-order valence-electron chi connectivity index (χ1n) is 8.76. The fraction of sp³-hybridized carbons (Fsp3) is 0.300. The highest BCUT2D eigenvalue weighted by Gasteiger charge is 2.26. The van der Waals surface area contributed by atoms with Gasteiger partial charge in [-0.2, -0.15) is 0 Å². The Morgan fingerprint density at radius 3 is 2.79 bits per heavy atom. The van der Waals surface area contributed by atoms with E-state index in [0.717, 1.165) is 29.7 Å². The van der Waals surface area contributed by atoms with Crippen molar-refractivity contribution in [3.8, 4) is 5.75 Å². The van der Waals surface area contributed by atoms with Crippen molar-refractivity contribution in [2.45, 2.75) is 26.2 Å². The summed E-state index contributed by atoms with van der Waals surface area (Å²) in [6.07, 6.45) is 5.61. The summed E-state index contributed by atoms with van der Waals surface area (Å²) in [7, 11) is 1.49. The van der Waals surface area contributed by atoms with Crippen molar-refractivity contribution in [3.63, 3.8) is 0 Å². The van der Waals surface area contributed by atoms with Gasteiger partial charge >= 0.3 is 0 Å². The number of anilines is 1. The molecule has 148 valence electrons. The van der Waals surface area contributed by atoms with E-state index in [1.165, 1.54) is 24.5 Å². The van der Waals surface area contributed by atoms with Gasteiger partial charge in [0.05, 0.1) is 17.7 Å². The van der Waals surface area contributed by atoms with E-state index in [0.29, 0.717) is 37.8 Å². The third kappa shape index (κ3) is 4.35. The Morgan fingerprint density at radius 2 is 2.11 bits per heavy atom. The van der Waals surface area contributed by atoms with Gasteiger partial charge in [0.1, 0.15) is 10.8 Å². The van der Waals surface area contributed by atoms with Crippen molar-refractivity contribution >= 4 is 57.4 Å². The number of thiophene rings is 1. The van der Waals surface area contributed by atoms with Crippen LogP contribution in [0.2, 0.25) is 10.0 Å². The Morgan fingerprint density at radius 1 is 1.36 bits per heavy atom. The molecule has 28 heavy (non-hydrogen) atoms. The van der Waals surface area contributed by atoms with Crippen molar-refractivity contribution in [2.75, 3.05) is 12.4 Å². The number of carbonyl (C=O) groups excluding carboxylic acids is 2. The Kier molecular flexibility index (Phi) is 6.33. The fourth-order valence-corrected chi connectivity index (χ4v) is 5.34. The van der Waals surface area contributed by atoms with E-state index < -0.39 is 5.91 Å². The number of halogens is 2. The van der Waals surface area contributed by atoms with Crippen LogP contribution in [-0.2, 0) is 17.6 Å². The second kappa shape index (κ2) is 8.55. The van der Waals surface area contributed by atoms with E-state index in [-0.39, 0.29) is 5.91 Å². The van der Waals surface area contributed by atoms with E-state index in [4.69, 9.17) is 33.7 Å². The molecule has 0 fully saturated rings. The van der Waals surface area contributed by atoms with E-state index in [2.05, 4.69) is 12.2 Å². The zero-order valence-electron chi connectivity index (χ0n) is 15.5. The second-order valence-corrected chi connectivity index (χ2v) is 8.70. The molecule has 1 heterocycles. The Balaban J connectivity index is 1.85. The van der Waals surface area contributed by atoms with Crippen LogP contribution in [0.5, 0.6) is 5.75 Å². The van der Waals surface area contributed by atoms with Crippen molar-refractivity contribution in [1.29, 1.82) is 0 Å². The number of hydrogen-bond acceptors (Lipinski definition) is 4. The van der Waals surface area contributed by atoms with Crippen molar-refractivity contribution in [3.05, 3.63) is 49.8 Å². The molecule has 0 radical (unpaired) electrons. The molecule has 0 saturated carbocycles. The number of carbonyl (C=O) groups is 2. The van der Waals surface area contributed by atoms with Crippen LogP contribution >= 0.6 is 34.5 Å². The third-order valence-electron chi connectivity index (χ3n) is 4.65. The minimum atomic E-state index is -0.519. The standard InChI is InChI=1S/C20H20Cl2N2O3S/c1-10-3-5-13-15(7-10)28-20(17(13)19(23)26)24-16(25)6-4-11-8-12(21)9-14(22)18(11)27-2/h4,6,8-10H,3,5,7H2,1-2H3,(H2,23,26)(H,24,25)/b6-4+. The zero-order chi connectivity index (χ0) is 20.4. The lowest BCUT2D eigenvalue weighted by Gasteiger charge is -2.18. The molecule has 1 aliphatic rings. The molecule has 1 unspecified atom stereocenters. The molecule has 8 heteroatoms. The first-order valence-corrected chi connectivity index (χ1v) is 10.3. The summed E-state index contributed by atoms with van der Waals surface area (Å²) < 4.78 is 5.26. The molecule has 1 aliphatic carbocycles. The monoisotopic (exact) mass is 438 g/mol. The Bertz CT molecular complexity index is 969. The van der Waals surface area contributed by atoms with E-state index in [9.17, 15) is 9.59 Å². The summed E-state index contributed by atoms with van der Waals surface area (Å²) in [4.78, 5) is 25.5. The molecule has 3 rings (SSSR count). The topological polar surface area (TPSA) is 81.4 Å². The summed E-state index contributed by atoms with van der Waals surface area (Å²) in [5, 5.41) is 4.07. The predicted molar refractivity (Wildman–Crippen MR) is 115 cm³/mol. The van der Waals surface area contributed by atoms with Gasteiger partial charge < -0.3 is 15.8 Å². The summed E-state index contributed by atoms with van der Waals surface area (Å²) in [5.41, 5.74) is 7.55. The number of rotatable bonds is 5. The molecule has 1 aromatic heterocycles. The second-order valence-electron chi connectivity index (χ2n) is 6.75. The summed E-state index contributed by atoms with van der Waals surface area (Å²) in [5.74, 6) is 0.0748. The first kappa shape index (κ1) is 20.7. The molecule has 1 aromatic carbocycles. The van der Waals surface area contributed by atoms with Gasteiger partial charge in [-0.3, -0.25) is 9.59 Å². The van der Waals surface area contributed by atoms with Gasteiger partial charge in [-0.25, -0.2) is 0 Å². The number of amides is 2. The summed E-state index contributed by atoms with van der Waals surface area (Å²) >= 11 is 13.6. The molecule has 3 N–H and O–H groups in total. The number of hydrogen-bond donors (Lipinski definition) is 2. The average molecular weight is 439 g/mol. The van der Waals surface area contributed by atoms with Crippen LogP contribution in [0.25, 0.3) is 6.08 Å². The molecular formula is C20H20Cl2N2O3S. The Hall–Kier alpha value is -2.02. The zero-order valence-corrected chi connectivity index (χ0v) is 17.8. The van der Waals surface area contributed by atoms with Crippen LogP contribution in [0, 0.1) is 5.92 Å². The summed E-state index contributed by atoms with van der Waals surface area (Å²) in [6, 6.07) is 3.21. The lowest BCUT2D eigenvalue weighted by atomic mass is 9.88. The van der Waals surface area contributed by atoms with E-state index in [1.54, 1.807) is 18.2 Å². The smallest absolute Gasteiger partial charge is 0.251 e. The van der Waals surface area contributed by atoms with Gasteiger partial charge in [0.25, 0.3) is 5.91 Å². The lowest BCUT2D eigenvalue weighted by molar-refractivity contribution is -0.111. The Labute approximate surface area is 177 Å². The minimum Gasteiger partial charge on any atom is -0.495 e. The van der Waals surface area contributed by atoms with Crippen molar-refractivity contribution in [1.82, 2.24) is 0 Å². The van der Waals surface area contributed by atoms with Gasteiger partial charge in [-0.05, 0) is 49.0 Å². The molecule has 5 nitrogen and oxygen atoms in total. The highest BCUT2D eigenvalue weighted by Crippen LogP contribution is 2.39. The molecule has 0 spiro atoms. The van der Waals surface area contributed by atoms with Crippen molar-refractivity contribution < 1.29 is 14.3 Å². The largest absolute Gasteiger partial charge is 0.495 e. The number of nitrogens with one attached hydrogen (secondary N) is 1. The van der Waals surface area contributed by atoms with Crippen LogP contribution in [0.4, 0.5) is 5.00 Å². The van der Waals surface area contributed by atoms with Crippen LogP contribution < -0.4 is 15.8 Å². The van der Waals surface area contributed by atoms with Crippen LogP contribution in [-0.4, -0.2) is 18.9 Å². The number of benzene rings is 1. The van der Waals surface area contributed by atoms with Crippen LogP contribution in [0.3, 0.4) is 0 Å².